The van der Waals surface area contributed by atoms with E-state index in [1.807, 2.05) is 13.8 Å². The lowest BCUT2D eigenvalue weighted by Crippen LogP contribution is -2.14. The minimum Gasteiger partial charge on any atom is -0.491 e. The van der Waals surface area contributed by atoms with Gasteiger partial charge in [0.15, 0.2) is 0 Å². The monoisotopic (exact) mass is 234 g/mol. The number of nitrogens with zero attached hydrogens (tertiary/aromatic N) is 1. The van der Waals surface area contributed by atoms with Crippen LogP contribution in [0.2, 0.25) is 0 Å². The van der Waals surface area contributed by atoms with Gasteiger partial charge in [0.25, 0.3) is 0 Å². The summed E-state index contributed by atoms with van der Waals surface area (Å²) < 4.78 is 5.62. The third-order valence-corrected chi connectivity index (χ3v) is 2.06. The lowest BCUT2D eigenvalue weighted by molar-refractivity contribution is 0.240. The van der Waals surface area contributed by atoms with E-state index in [-0.39, 0.29) is 6.10 Å². The van der Waals surface area contributed by atoms with Crippen LogP contribution in [0.4, 0.5) is 0 Å². The molecule has 0 saturated heterocycles. The molecule has 0 heterocycles. The molecule has 0 bridgehead atoms. The molecule has 16 heavy (non-hydrogen) atoms. The number of rotatable bonds is 4. The zero-order chi connectivity index (χ0) is 12.1. The number of benzene rings is 1. The number of hydrogen-bond donors (Lipinski definition) is 1. The fraction of sp³-hybridized carbons (Fsp3) is 0.333. The highest BCUT2D eigenvalue weighted by Gasteiger charge is 2.08. The van der Waals surface area contributed by atoms with Crippen LogP contribution in [0.15, 0.2) is 18.2 Å². The molecular weight excluding hydrogens is 220 g/mol. The Morgan fingerprint density at radius 1 is 1.56 bits per heavy atom. The Balaban J connectivity index is 3.06. The van der Waals surface area contributed by atoms with Gasteiger partial charge in [-0.05, 0) is 32.0 Å². The molecule has 0 aliphatic heterocycles. The van der Waals surface area contributed by atoms with Crippen LogP contribution < -0.4 is 10.5 Å². The Kier molecular flexibility index (Phi) is 4.27. The summed E-state index contributed by atoms with van der Waals surface area (Å²) in [5.41, 5.74) is 6.96. The van der Waals surface area contributed by atoms with Crippen molar-refractivity contribution in [3.05, 3.63) is 29.3 Å². The molecule has 84 valence electrons. The molecule has 0 radical (unpaired) electrons. The van der Waals surface area contributed by atoms with Gasteiger partial charge >= 0.3 is 0 Å². The molecule has 0 atom stereocenters. The second-order valence-corrected chi connectivity index (χ2v) is 4.27. The first kappa shape index (κ1) is 12.5. The van der Waals surface area contributed by atoms with Gasteiger partial charge in [0.2, 0.25) is 0 Å². The van der Waals surface area contributed by atoms with Crippen molar-refractivity contribution in [2.24, 2.45) is 5.73 Å². The average molecular weight is 234 g/mol. The molecule has 0 aliphatic rings. The third kappa shape index (κ3) is 3.52. The lowest BCUT2D eigenvalue weighted by atomic mass is 10.1. The summed E-state index contributed by atoms with van der Waals surface area (Å²) in [6.07, 6.45) is 0.533. The van der Waals surface area contributed by atoms with E-state index in [2.05, 4.69) is 6.07 Å². The fourth-order valence-electron chi connectivity index (χ4n) is 1.34. The van der Waals surface area contributed by atoms with E-state index < -0.39 is 0 Å². The molecule has 1 aromatic carbocycles. The molecule has 1 rings (SSSR count). The van der Waals surface area contributed by atoms with Gasteiger partial charge in [-0.15, -0.1) is 0 Å². The average Bonchev–Trinajstić information content (AvgIpc) is 2.19. The van der Waals surface area contributed by atoms with Gasteiger partial charge in [0, 0.05) is 12.0 Å². The quantitative estimate of drug-likeness (QED) is 0.811. The van der Waals surface area contributed by atoms with E-state index in [9.17, 15) is 0 Å². The first-order valence-corrected chi connectivity index (χ1v) is 5.41. The number of thiocarbonyl (C=S) groups is 1. The summed E-state index contributed by atoms with van der Waals surface area (Å²) in [7, 11) is 0. The Morgan fingerprint density at radius 2 is 2.25 bits per heavy atom. The molecule has 0 amide bonds. The first-order chi connectivity index (χ1) is 7.52. The van der Waals surface area contributed by atoms with Gasteiger partial charge in [-0.25, -0.2) is 0 Å². The molecule has 2 N–H and O–H groups in total. The van der Waals surface area contributed by atoms with Crippen molar-refractivity contribution in [3.63, 3.8) is 0 Å². The van der Waals surface area contributed by atoms with Crippen LogP contribution in [0, 0.1) is 11.3 Å². The van der Waals surface area contributed by atoms with Gasteiger partial charge in [-0.1, -0.05) is 12.2 Å². The Bertz CT molecular complexity index is 435. The maximum absolute atomic E-state index is 8.81. The molecule has 0 aliphatic carbocycles. The van der Waals surface area contributed by atoms with Crippen molar-refractivity contribution in [1.82, 2.24) is 0 Å². The number of hydrogen-bond acceptors (Lipinski definition) is 3. The number of nitrogens with two attached hydrogens (primary N) is 1. The largest absolute Gasteiger partial charge is 0.491 e. The fourth-order valence-corrected chi connectivity index (χ4v) is 1.50. The van der Waals surface area contributed by atoms with Crippen molar-refractivity contribution in [1.29, 1.82) is 5.26 Å². The minimum atomic E-state index is 0.0815. The highest BCUT2D eigenvalue weighted by Crippen LogP contribution is 2.22. The topological polar surface area (TPSA) is 59.0 Å². The van der Waals surface area contributed by atoms with Crippen molar-refractivity contribution < 1.29 is 4.74 Å². The summed E-state index contributed by atoms with van der Waals surface area (Å²) in [5, 5.41) is 8.81. The van der Waals surface area contributed by atoms with Gasteiger partial charge in [-0.3, -0.25) is 0 Å². The van der Waals surface area contributed by atoms with Crippen molar-refractivity contribution in [3.8, 4) is 11.8 Å². The zero-order valence-corrected chi connectivity index (χ0v) is 10.2. The van der Waals surface area contributed by atoms with Crippen LogP contribution in [0.25, 0.3) is 0 Å². The van der Waals surface area contributed by atoms with E-state index in [1.54, 1.807) is 18.2 Å². The third-order valence-electron chi connectivity index (χ3n) is 1.92. The molecule has 0 saturated carbocycles. The molecule has 1 aromatic rings. The minimum absolute atomic E-state index is 0.0815. The summed E-state index contributed by atoms with van der Waals surface area (Å²) in [6.45, 7) is 3.89. The highest BCUT2D eigenvalue weighted by molar-refractivity contribution is 7.80. The molecular formula is C12H14N2OS. The Morgan fingerprint density at radius 3 is 2.75 bits per heavy atom. The van der Waals surface area contributed by atoms with Crippen molar-refractivity contribution >= 4 is 17.2 Å². The number of nitriles is 1. The normalized spacial score (nSPS) is 9.88. The van der Waals surface area contributed by atoms with Crippen LogP contribution in [0.3, 0.4) is 0 Å². The van der Waals surface area contributed by atoms with E-state index in [0.717, 1.165) is 11.3 Å². The standard InChI is InChI=1S/C12H14N2OS/c1-8(2)15-11-4-3-9(7-13)5-10(11)6-12(14)16/h3-5,8H,6H2,1-2H3,(H2,14,16). The molecule has 0 fully saturated rings. The van der Waals surface area contributed by atoms with E-state index in [1.165, 1.54) is 0 Å². The number of ether oxygens (including phenoxy) is 1. The van der Waals surface area contributed by atoms with Crippen molar-refractivity contribution in [2.75, 3.05) is 0 Å². The Hall–Kier alpha value is -1.60. The summed E-state index contributed by atoms with van der Waals surface area (Å²) in [5.74, 6) is 0.738. The zero-order valence-electron chi connectivity index (χ0n) is 9.36. The SMILES string of the molecule is CC(C)Oc1ccc(C#N)cc1CC(N)=S. The maximum atomic E-state index is 8.81. The Labute approximate surface area is 101 Å². The summed E-state index contributed by atoms with van der Waals surface area (Å²) in [6, 6.07) is 7.35. The predicted molar refractivity (Wildman–Crippen MR) is 67.4 cm³/mol. The summed E-state index contributed by atoms with van der Waals surface area (Å²) in [4.78, 5) is 0.392. The van der Waals surface area contributed by atoms with Gasteiger partial charge in [0.05, 0.1) is 22.7 Å². The maximum Gasteiger partial charge on any atom is 0.123 e. The summed E-state index contributed by atoms with van der Waals surface area (Å²) >= 11 is 4.87. The van der Waals surface area contributed by atoms with Crippen LogP contribution in [0.1, 0.15) is 25.0 Å². The van der Waals surface area contributed by atoms with Gasteiger partial charge < -0.3 is 10.5 Å². The van der Waals surface area contributed by atoms with Crippen molar-refractivity contribution in [2.45, 2.75) is 26.4 Å². The molecule has 0 unspecified atom stereocenters. The van der Waals surface area contributed by atoms with Crippen LogP contribution in [-0.2, 0) is 6.42 Å². The van der Waals surface area contributed by atoms with Crippen LogP contribution >= 0.6 is 12.2 Å². The van der Waals surface area contributed by atoms with E-state index >= 15 is 0 Å². The highest BCUT2D eigenvalue weighted by atomic mass is 32.1. The van der Waals surface area contributed by atoms with Gasteiger partial charge in [-0.2, -0.15) is 5.26 Å². The van der Waals surface area contributed by atoms with E-state index in [4.69, 9.17) is 28.0 Å². The van der Waals surface area contributed by atoms with E-state index in [0.29, 0.717) is 17.0 Å². The molecule has 3 nitrogen and oxygen atoms in total. The molecule has 4 heteroatoms. The van der Waals surface area contributed by atoms with Crippen LogP contribution in [-0.4, -0.2) is 11.1 Å². The molecule has 0 aromatic heterocycles. The second-order valence-electron chi connectivity index (χ2n) is 3.74. The van der Waals surface area contributed by atoms with Crippen LogP contribution in [0.5, 0.6) is 5.75 Å². The lowest BCUT2D eigenvalue weighted by Gasteiger charge is -2.14. The first-order valence-electron chi connectivity index (χ1n) is 5.01. The predicted octanol–water partition coefficient (Wildman–Crippen LogP) is 2.17. The molecule has 0 spiro atoms. The van der Waals surface area contributed by atoms with Gasteiger partial charge in [0.1, 0.15) is 5.75 Å². The smallest absolute Gasteiger partial charge is 0.123 e. The second kappa shape index (κ2) is 5.47.